The third kappa shape index (κ3) is 10.4. The van der Waals surface area contributed by atoms with E-state index in [9.17, 15) is 27.2 Å². The van der Waals surface area contributed by atoms with Crippen molar-refractivity contribution < 1.29 is 41.7 Å². The Balaban J connectivity index is 0.000000762. The third-order valence-electron chi connectivity index (χ3n) is 3.23. The molecule has 31 heavy (non-hydrogen) atoms. The second-order valence-electron chi connectivity index (χ2n) is 6.08. The summed E-state index contributed by atoms with van der Waals surface area (Å²) in [7, 11) is 1.16. The number of aliphatic carboxylic acids is 1. The number of hydrogen-bond donors (Lipinski definition) is 1. The summed E-state index contributed by atoms with van der Waals surface area (Å²) in [6.07, 6.45) is -0.271. The number of rotatable bonds is 5. The van der Waals surface area contributed by atoms with Crippen molar-refractivity contribution in [3.8, 4) is 11.4 Å². The number of carbonyl (C=O) groups is 2. The predicted octanol–water partition coefficient (Wildman–Crippen LogP) is 3.25. The minimum atomic E-state index is -4.48. The number of alkyl halides is 4. The molecule has 172 valence electrons. The molecule has 12 heteroatoms. The highest BCUT2D eigenvalue weighted by Crippen LogP contribution is 2.28. The van der Waals surface area contributed by atoms with Crippen molar-refractivity contribution >= 4 is 11.9 Å². The Labute approximate surface area is 176 Å². The molecular formula is C19H25F4N4O4+. The van der Waals surface area contributed by atoms with Crippen molar-refractivity contribution in [2.75, 3.05) is 7.11 Å². The zero-order valence-electron chi connectivity index (χ0n) is 17.8. The van der Waals surface area contributed by atoms with Gasteiger partial charge in [-0.2, -0.15) is 13.2 Å². The van der Waals surface area contributed by atoms with E-state index in [1.54, 1.807) is 6.07 Å². The summed E-state index contributed by atoms with van der Waals surface area (Å²) < 4.78 is 55.0. The lowest BCUT2D eigenvalue weighted by molar-refractivity contribution is -0.752. The van der Waals surface area contributed by atoms with Crippen LogP contribution >= 0.6 is 0 Å². The van der Waals surface area contributed by atoms with Crippen molar-refractivity contribution in [3.05, 3.63) is 36.4 Å². The van der Waals surface area contributed by atoms with Gasteiger partial charge in [0.05, 0.1) is 12.7 Å². The van der Waals surface area contributed by atoms with E-state index in [0.717, 1.165) is 21.0 Å². The van der Waals surface area contributed by atoms with Crippen LogP contribution in [-0.4, -0.2) is 44.9 Å². The van der Waals surface area contributed by atoms with E-state index in [-0.39, 0.29) is 18.8 Å². The number of hydrogen-bond acceptors (Lipinski definition) is 6. The van der Waals surface area contributed by atoms with Crippen molar-refractivity contribution in [1.29, 1.82) is 0 Å². The lowest BCUT2D eigenvalue weighted by Gasteiger charge is -2.08. The molecule has 1 N–H and O–H groups in total. The molecule has 0 radical (unpaired) electrons. The van der Waals surface area contributed by atoms with E-state index in [1.807, 2.05) is 13.8 Å². The lowest BCUT2D eigenvalue weighted by atomic mass is 10.2. The van der Waals surface area contributed by atoms with Gasteiger partial charge in [-0.15, -0.1) is 0 Å². The summed E-state index contributed by atoms with van der Waals surface area (Å²) in [5.41, 5.74) is -2.34. The fraction of sp³-hybridized carbons (Fsp3) is 0.474. The molecule has 0 amide bonds. The SMILES string of the molecule is CC.COC(=O)C(C)(C)F.O=C(O)CC[n+]1ccc(-c2ncc(C(F)(F)F)cn2)cn1. The maximum absolute atomic E-state index is 12.4. The van der Waals surface area contributed by atoms with Crippen LogP contribution < -0.4 is 4.68 Å². The van der Waals surface area contributed by atoms with E-state index in [4.69, 9.17) is 5.11 Å². The molecular weight excluding hydrogens is 424 g/mol. The molecule has 0 aliphatic rings. The van der Waals surface area contributed by atoms with Crippen LogP contribution in [0, 0.1) is 0 Å². The zero-order valence-corrected chi connectivity index (χ0v) is 17.8. The van der Waals surface area contributed by atoms with E-state index in [0.29, 0.717) is 18.0 Å². The van der Waals surface area contributed by atoms with Crippen LogP contribution in [0.3, 0.4) is 0 Å². The van der Waals surface area contributed by atoms with Crippen molar-refractivity contribution in [1.82, 2.24) is 15.1 Å². The Kier molecular flexibility index (Phi) is 11.2. The van der Waals surface area contributed by atoms with Gasteiger partial charge in [0, 0.05) is 24.0 Å². The molecule has 8 nitrogen and oxygen atoms in total. The number of carboxylic acid groups (broad SMARTS) is 1. The van der Waals surface area contributed by atoms with Gasteiger partial charge in [-0.3, -0.25) is 4.79 Å². The Morgan fingerprint density at radius 3 is 1.97 bits per heavy atom. The first-order valence-electron chi connectivity index (χ1n) is 9.09. The molecule has 0 atom stereocenters. The molecule has 0 bridgehead atoms. The summed E-state index contributed by atoms with van der Waals surface area (Å²) in [4.78, 5) is 27.9. The number of methoxy groups -OCH3 is 1. The van der Waals surface area contributed by atoms with Crippen molar-refractivity contribution in [2.45, 2.75) is 52.5 Å². The molecule has 0 saturated heterocycles. The Bertz CT molecular complexity index is 821. The summed E-state index contributed by atoms with van der Waals surface area (Å²) in [5.74, 6) is -1.67. The molecule has 2 rings (SSSR count). The summed E-state index contributed by atoms with van der Waals surface area (Å²) in [6, 6.07) is 1.55. The van der Waals surface area contributed by atoms with Crippen LogP contribution in [0.1, 0.15) is 39.7 Å². The first-order chi connectivity index (χ1) is 14.3. The van der Waals surface area contributed by atoms with Gasteiger partial charge in [0.1, 0.15) is 12.6 Å². The van der Waals surface area contributed by atoms with Crippen LogP contribution in [-0.2, 0) is 27.0 Å². The van der Waals surface area contributed by atoms with Crippen molar-refractivity contribution in [3.63, 3.8) is 0 Å². The average Bonchev–Trinajstić information content (AvgIpc) is 2.72. The monoisotopic (exact) mass is 449 g/mol. The molecule has 0 aromatic carbocycles. The zero-order chi connectivity index (χ0) is 24.2. The van der Waals surface area contributed by atoms with Crippen LogP contribution in [0.15, 0.2) is 30.9 Å². The van der Waals surface area contributed by atoms with Gasteiger partial charge in [0.2, 0.25) is 5.67 Å². The molecule has 2 heterocycles. The predicted molar refractivity (Wildman–Crippen MR) is 101 cm³/mol. The first-order valence-corrected chi connectivity index (χ1v) is 9.09. The Morgan fingerprint density at radius 1 is 1.10 bits per heavy atom. The highest BCUT2D eigenvalue weighted by Gasteiger charge is 2.31. The quantitative estimate of drug-likeness (QED) is 0.424. The van der Waals surface area contributed by atoms with Gasteiger partial charge < -0.3 is 9.84 Å². The molecule has 0 fully saturated rings. The normalized spacial score (nSPS) is 10.7. The number of halogens is 4. The van der Waals surface area contributed by atoms with Crippen molar-refractivity contribution in [2.24, 2.45) is 0 Å². The maximum atomic E-state index is 12.4. The van der Waals surface area contributed by atoms with Crippen LogP contribution in [0.25, 0.3) is 11.4 Å². The maximum Gasteiger partial charge on any atom is 0.419 e. The highest BCUT2D eigenvalue weighted by molar-refractivity contribution is 5.78. The van der Waals surface area contributed by atoms with E-state index in [2.05, 4.69) is 19.8 Å². The summed E-state index contributed by atoms with van der Waals surface area (Å²) in [6.45, 7) is 6.50. The number of carbonyl (C=O) groups excluding carboxylic acids is 1. The van der Waals surface area contributed by atoms with Crippen LogP contribution in [0.4, 0.5) is 17.6 Å². The molecule has 0 aliphatic carbocycles. The lowest BCUT2D eigenvalue weighted by Crippen LogP contribution is -2.38. The average molecular weight is 449 g/mol. The van der Waals surface area contributed by atoms with E-state index < -0.39 is 29.3 Å². The van der Waals surface area contributed by atoms with Gasteiger partial charge in [-0.1, -0.05) is 18.5 Å². The Morgan fingerprint density at radius 2 is 1.65 bits per heavy atom. The number of aryl methyl sites for hydroxylation is 1. The van der Waals surface area contributed by atoms with Gasteiger partial charge >= 0.3 is 18.1 Å². The minimum Gasteiger partial charge on any atom is -0.481 e. The molecule has 0 aliphatic heterocycles. The van der Waals surface area contributed by atoms with Gasteiger partial charge in [0.25, 0.3) is 0 Å². The minimum absolute atomic E-state index is 0.0756. The second-order valence-corrected chi connectivity index (χ2v) is 6.08. The Hall–Kier alpha value is -3.18. The smallest absolute Gasteiger partial charge is 0.419 e. The summed E-state index contributed by atoms with van der Waals surface area (Å²) in [5, 5.41) is 12.5. The van der Waals surface area contributed by atoms with Gasteiger partial charge in [-0.25, -0.2) is 19.2 Å². The molecule has 2 aromatic rings. The number of nitrogens with zero attached hydrogens (tertiary/aromatic N) is 4. The van der Waals surface area contributed by atoms with Crippen LogP contribution in [0.2, 0.25) is 0 Å². The van der Waals surface area contributed by atoms with Gasteiger partial charge in [-0.05, 0) is 18.9 Å². The van der Waals surface area contributed by atoms with Gasteiger partial charge in [0.15, 0.2) is 18.6 Å². The summed E-state index contributed by atoms with van der Waals surface area (Å²) >= 11 is 0. The number of esters is 1. The first kappa shape index (κ1) is 27.8. The third-order valence-corrected chi connectivity index (χ3v) is 3.23. The van der Waals surface area contributed by atoms with E-state index in [1.165, 1.54) is 17.1 Å². The number of aromatic nitrogens is 4. The molecule has 0 saturated carbocycles. The number of ether oxygens (including phenoxy) is 1. The highest BCUT2D eigenvalue weighted by atomic mass is 19.4. The second kappa shape index (κ2) is 12.5. The number of carboxylic acids is 1. The topological polar surface area (TPSA) is 106 Å². The standard InChI is InChI=1S/C12H9F3N4O2.C5H9FO2.C2H6/c13-12(14,15)9-6-16-11(17-7-9)8-1-3-19(18-5-8)4-2-10(20)21;1-5(2,6)4(7)8-3;1-2/h1,3,5-7H,2,4H2;1-3H3;1-2H3/p+1. The largest absolute Gasteiger partial charge is 0.481 e. The fourth-order valence-corrected chi connectivity index (χ4v) is 1.73. The fourth-order valence-electron chi connectivity index (χ4n) is 1.73. The van der Waals surface area contributed by atoms with Crippen LogP contribution in [0.5, 0.6) is 0 Å². The molecule has 0 unspecified atom stereocenters. The molecule has 0 spiro atoms. The van der Waals surface area contributed by atoms with E-state index >= 15 is 0 Å². The molecule has 2 aromatic heterocycles.